The van der Waals surface area contributed by atoms with Gasteiger partial charge in [-0.2, -0.15) is 0 Å². The second-order valence-electron chi connectivity index (χ2n) is 8.24. The highest BCUT2D eigenvalue weighted by atomic mass is 15.3. The molecule has 1 aliphatic heterocycles. The number of hydrogen-bond donors (Lipinski definition) is 1. The van der Waals surface area contributed by atoms with Crippen LogP contribution >= 0.6 is 0 Å². The molecule has 1 heterocycles. The Bertz CT molecular complexity index is 300. The monoisotopic (exact) mass is 281 g/mol. The molecule has 3 heteroatoms. The van der Waals surface area contributed by atoms with Gasteiger partial charge in [-0.1, -0.05) is 13.8 Å². The first kappa shape index (κ1) is 16.3. The van der Waals surface area contributed by atoms with E-state index in [1.165, 1.54) is 45.4 Å². The Morgan fingerprint density at radius 1 is 1.00 bits per heavy atom. The number of nitrogens with zero attached hydrogens (tertiary/aromatic N) is 2. The maximum Gasteiger partial charge on any atom is 0.0251 e. The Hall–Kier alpha value is -0.120. The van der Waals surface area contributed by atoms with Crippen LogP contribution in [0.3, 0.4) is 0 Å². The minimum Gasteiger partial charge on any atom is -0.326 e. The van der Waals surface area contributed by atoms with Crippen LogP contribution in [-0.4, -0.2) is 53.6 Å². The molecule has 3 unspecified atom stereocenters. The molecule has 1 aliphatic carbocycles. The first-order valence-corrected chi connectivity index (χ1v) is 8.53. The second-order valence-corrected chi connectivity index (χ2v) is 8.24. The normalized spacial score (nSPS) is 34.6. The molecule has 2 fully saturated rings. The molecule has 2 aliphatic rings. The molecule has 0 aromatic heterocycles. The summed E-state index contributed by atoms with van der Waals surface area (Å²) in [6.07, 6.45) is 3.86. The molecule has 0 spiro atoms. The molecule has 0 radical (unpaired) electrons. The van der Waals surface area contributed by atoms with Gasteiger partial charge in [0.1, 0.15) is 0 Å². The first-order chi connectivity index (χ1) is 9.29. The fourth-order valence-corrected chi connectivity index (χ4v) is 3.95. The molecule has 0 aromatic rings. The molecule has 0 bridgehead atoms. The van der Waals surface area contributed by atoms with Crippen molar-refractivity contribution >= 4 is 0 Å². The van der Waals surface area contributed by atoms with Crippen LogP contribution in [0.2, 0.25) is 0 Å². The highest BCUT2D eigenvalue weighted by Gasteiger charge is 2.36. The molecule has 1 saturated carbocycles. The lowest BCUT2D eigenvalue weighted by Gasteiger charge is -2.48. The summed E-state index contributed by atoms with van der Waals surface area (Å²) in [7, 11) is 0. The molecule has 2 N–H and O–H groups in total. The summed E-state index contributed by atoms with van der Waals surface area (Å²) in [4.78, 5) is 5.29. The van der Waals surface area contributed by atoms with Crippen LogP contribution in [0.25, 0.3) is 0 Å². The summed E-state index contributed by atoms with van der Waals surface area (Å²) in [5, 5.41) is 0. The lowest BCUT2D eigenvalue weighted by Crippen LogP contribution is -2.60. The van der Waals surface area contributed by atoms with Gasteiger partial charge in [0, 0.05) is 43.8 Å². The molecule has 0 aromatic carbocycles. The smallest absolute Gasteiger partial charge is 0.0251 e. The highest BCUT2D eigenvalue weighted by Crippen LogP contribution is 2.32. The first-order valence-electron chi connectivity index (χ1n) is 8.53. The van der Waals surface area contributed by atoms with E-state index in [9.17, 15) is 0 Å². The Morgan fingerprint density at radius 2 is 1.60 bits per heavy atom. The minimum absolute atomic E-state index is 0.307. The molecule has 3 atom stereocenters. The zero-order chi connectivity index (χ0) is 14.9. The van der Waals surface area contributed by atoms with Crippen molar-refractivity contribution in [2.45, 2.75) is 71.5 Å². The molecule has 20 heavy (non-hydrogen) atoms. The van der Waals surface area contributed by atoms with Crippen molar-refractivity contribution in [2.24, 2.45) is 17.6 Å². The molecule has 0 amide bonds. The zero-order valence-electron chi connectivity index (χ0n) is 14.2. The number of piperazine rings is 1. The van der Waals surface area contributed by atoms with Gasteiger partial charge in [0.25, 0.3) is 0 Å². The standard InChI is InChI=1S/C17H35N3/c1-13(2)14-6-7-15(18)16(12-14)19-8-10-20(11-9-19)17(3,4)5/h13-16H,6-12,18H2,1-5H3. The van der Waals surface area contributed by atoms with Gasteiger partial charge in [0.05, 0.1) is 0 Å². The third kappa shape index (κ3) is 3.75. The van der Waals surface area contributed by atoms with Gasteiger partial charge >= 0.3 is 0 Å². The second kappa shape index (κ2) is 6.33. The molecular weight excluding hydrogens is 246 g/mol. The zero-order valence-corrected chi connectivity index (χ0v) is 14.2. The summed E-state index contributed by atoms with van der Waals surface area (Å²) in [5.74, 6) is 1.68. The van der Waals surface area contributed by atoms with Gasteiger partial charge in [0.2, 0.25) is 0 Å². The van der Waals surface area contributed by atoms with E-state index in [1.807, 2.05) is 0 Å². The predicted octanol–water partition coefficient (Wildman–Crippen LogP) is 2.55. The Kier molecular flexibility index (Phi) is 5.14. The van der Waals surface area contributed by atoms with E-state index in [1.54, 1.807) is 0 Å². The Labute approximate surface area is 125 Å². The van der Waals surface area contributed by atoms with Crippen LogP contribution in [0.5, 0.6) is 0 Å². The lowest BCUT2D eigenvalue weighted by atomic mass is 9.76. The van der Waals surface area contributed by atoms with E-state index in [-0.39, 0.29) is 0 Å². The fourth-order valence-electron chi connectivity index (χ4n) is 3.95. The van der Waals surface area contributed by atoms with E-state index in [2.05, 4.69) is 44.4 Å². The third-order valence-electron chi connectivity index (χ3n) is 5.58. The number of rotatable bonds is 2. The molecule has 2 rings (SSSR count). The predicted molar refractivity (Wildman–Crippen MR) is 86.8 cm³/mol. The van der Waals surface area contributed by atoms with Gasteiger partial charge in [0.15, 0.2) is 0 Å². The van der Waals surface area contributed by atoms with Crippen molar-refractivity contribution in [1.82, 2.24) is 9.80 Å². The number of nitrogens with two attached hydrogens (primary N) is 1. The average molecular weight is 281 g/mol. The highest BCUT2D eigenvalue weighted by molar-refractivity contribution is 4.93. The van der Waals surface area contributed by atoms with Crippen molar-refractivity contribution < 1.29 is 0 Å². The van der Waals surface area contributed by atoms with Crippen LogP contribution < -0.4 is 5.73 Å². The van der Waals surface area contributed by atoms with Crippen LogP contribution in [0.1, 0.15) is 53.9 Å². The van der Waals surface area contributed by atoms with E-state index < -0.39 is 0 Å². The van der Waals surface area contributed by atoms with E-state index in [0.29, 0.717) is 17.6 Å². The van der Waals surface area contributed by atoms with Crippen molar-refractivity contribution in [1.29, 1.82) is 0 Å². The maximum atomic E-state index is 6.44. The summed E-state index contributed by atoms with van der Waals surface area (Å²) in [5.41, 5.74) is 6.74. The van der Waals surface area contributed by atoms with Crippen LogP contribution in [0, 0.1) is 11.8 Å². The Morgan fingerprint density at radius 3 is 2.10 bits per heavy atom. The summed E-state index contributed by atoms with van der Waals surface area (Å²) >= 11 is 0. The topological polar surface area (TPSA) is 32.5 Å². The van der Waals surface area contributed by atoms with Gasteiger partial charge < -0.3 is 5.73 Å². The van der Waals surface area contributed by atoms with Crippen LogP contribution in [-0.2, 0) is 0 Å². The minimum atomic E-state index is 0.307. The third-order valence-corrected chi connectivity index (χ3v) is 5.58. The maximum absolute atomic E-state index is 6.44. The lowest BCUT2D eigenvalue weighted by molar-refractivity contribution is 0.0168. The molecular formula is C17H35N3. The molecule has 1 saturated heterocycles. The van der Waals surface area contributed by atoms with E-state index in [0.717, 1.165) is 11.8 Å². The van der Waals surface area contributed by atoms with Crippen molar-refractivity contribution in [3.63, 3.8) is 0 Å². The van der Waals surface area contributed by atoms with Gasteiger partial charge in [-0.05, 0) is 51.9 Å². The van der Waals surface area contributed by atoms with Gasteiger partial charge in [-0.25, -0.2) is 0 Å². The summed E-state index contributed by atoms with van der Waals surface area (Å²) in [6, 6.07) is 1.02. The van der Waals surface area contributed by atoms with E-state index in [4.69, 9.17) is 5.73 Å². The molecule has 3 nitrogen and oxygen atoms in total. The summed E-state index contributed by atoms with van der Waals surface area (Å²) < 4.78 is 0. The quantitative estimate of drug-likeness (QED) is 0.844. The van der Waals surface area contributed by atoms with Crippen LogP contribution in [0.15, 0.2) is 0 Å². The van der Waals surface area contributed by atoms with Gasteiger partial charge in [-0.15, -0.1) is 0 Å². The van der Waals surface area contributed by atoms with E-state index >= 15 is 0 Å². The van der Waals surface area contributed by atoms with Crippen molar-refractivity contribution in [2.75, 3.05) is 26.2 Å². The van der Waals surface area contributed by atoms with Gasteiger partial charge in [-0.3, -0.25) is 9.80 Å². The fraction of sp³-hybridized carbons (Fsp3) is 1.00. The largest absolute Gasteiger partial charge is 0.326 e. The Balaban J connectivity index is 1.91. The van der Waals surface area contributed by atoms with Crippen LogP contribution in [0.4, 0.5) is 0 Å². The van der Waals surface area contributed by atoms with Crippen molar-refractivity contribution in [3.05, 3.63) is 0 Å². The molecule has 118 valence electrons. The average Bonchev–Trinajstić information content (AvgIpc) is 2.38. The SMILES string of the molecule is CC(C)C1CCC(N)C(N2CCN(C(C)(C)C)CC2)C1. The summed E-state index contributed by atoms with van der Waals surface area (Å²) in [6.45, 7) is 16.5. The van der Waals surface area contributed by atoms with Crippen molar-refractivity contribution in [3.8, 4) is 0 Å². The number of hydrogen-bond acceptors (Lipinski definition) is 3.